The zero-order valence-electron chi connectivity index (χ0n) is 16.6. The molecule has 0 fully saturated rings. The number of rotatable bonds is 10. The van der Waals surface area contributed by atoms with E-state index in [2.05, 4.69) is 5.32 Å². The number of allylic oxidation sites excluding steroid dienone is 1. The van der Waals surface area contributed by atoms with Gasteiger partial charge in [0, 0.05) is 17.8 Å². The number of anilines is 1. The van der Waals surface area contributed by atoms with Crippen molar-refractivity contribution in [3.05, 3.63) is 77.0 Å². The molecule has 0 atom stereocenters. The van der Waals surface area contributed by atoms with Gasteiger partial charge < -0.3 is 15.2 Å². The predicted molar refractivity (Wildman–Crippen MR) is 110 cm³/mol. The maximum Gasteiger partial charge on any atom is 0.341 e. The van der Waals surface area contributed by atoms with Crippen LogP contribution in [0.5, 0.6) is 0 Å². The molecule has 0 radical (unpaired) electrons. The maximum absolute atomic E-state index is 12.2. The van der Waals surface area contributed by atoms with Crippen LogP contribution in [-0.2, 0) is 20.9 Å². The highest BCUT2D eigenvalue weighted by Gasteiger charge is 2.21. The molecule has 0 unspecified atom stereocenters. The first-order chi connectivity index (χ1) is 14.0. The molecule has 2 aromatic rings. The summed E-state index contributed by atoms with van der Waals surface area (Å²) in [5.41, 5.74) is 1.98. The van der Waals surface area contributed by atoms with E-state index in [4.69, 9.17) is 4.74 Å². The average molecular weight is 395 g/mol. The smallest absolute Gasteiger partial charge is 0.341 e. The summed E-state index contributed by atoms with van der Waals surface area (Å²) in [4.78, 5) is 35.9. The molecule has 2 N–H and O–H groups in total. The highest BCUT2D eigenvalue weighted by atomic mass is 16.5. The molecule has 0 aliphatic rings. The molecule has 0 amide bonds. The number of carbonyl (C=O) groups is 3. The molecule has 6 heteroatoms. The molecule has 2 rings (SSSR count). The van der Waals surface area contributed by atoms with Gasteiger partial charge >= 0.3 is 11.9 Å². The number of hydrogen-bond acceptors (Lipinski definition) is 5. The van der Waals surface area contributed by atoms with Gasteiger partial charge in [-0.15, -0.1) is 0 Å². The number of esters is 1. The third kappa shape index (κ3) is 6.31. The molecule has 6 nitrogen and oxygen atoms in total. The van der Waals surface area contributed by atoms with Crippen molar-refractivity contribution in [2.24, 2.45) is 0 Å². The number of carboxylic acids is 1. The number of aliphatic carboxylic acids is 1. The van der Waals surface area contributed by atoms with Crippen LogP contribution in [0.4, 0.5) is 5.69 Å². The van der Waals surface area contributed by atoms with Crippen molar-refractivity contribution in [1.82, 2.24) is 0 Å². The summed E-state index contributed by atoms with van der Waals surface area (Å²) in [5.74, 6) is -2.05. The molecule has 0 bridgehead atoms. The van der Waals surface area contributed by atoms with Gasteiger partial charge in [0.25, 0.3) is 0 Å². The first-order valence-corrected chi connectivity index (χ1v) is 9.54. The molecule has 2 aromatic carbocycles. The lowest BCUT2D eigenvalue weighted by molar-refractivity contribution is -0.134. The Balaban J connectivity index is 2.15. The molecule has 0 spiro atoms. The third-order valence-electron chi connectivity index (χ3n) is 4.23. The van der Waals surface area contributed by atoms with Gasteiger partial charge in [-0.25, -0.2) is 9.59 Å². The Morgan fingerprint density at radius 2 is 1.72 bits per heavy atom. The Hall–Kier alpha value is -3.41. The van der Waals surface area contributed by atoms with Crippen LogP contribution in [-0.4, -0.2) is 22.8 Å². The molecule has 0 aliphatic heterocycles. The van der Waals surface area contributed by atoms with E-state index in [9.17, 15) is 19.5 Å². The lowest BCUT2D eigenvalue weighted by atomic mass is 10.0. The normalized spacial score (nSPS) is 11.4. The molecule has 0 aromatic heterocycles. The van der Waals surface area contributed by atoms with E-state index in [1.165, 1.54) is 0 Å². The van der Waals surface area contributed by atoms with Crippen molar-refractivity contribution < 1.29 is 24.2 Å². The summed E-state index contributed by atoms with van der Waals surface area (Å²) in [7, 11) is 0. The quantitative estimate of drug-likeness (QED) is 0.265. The van der Waals surface area contributed by atoms with Gasteiger partial charge in [0.2, 0.25) is 0 Å². The number of nitrogens with one attached hydrogen (secondary N) is 1. The summed E-state index contributed by atoms with van der Waals surface area (Å²) < 4.78 is 5.33. The summed E-state index contributed by atoms with van der Waals surface area (Å²) in [5, 5.41) is 12.5. The number of hydrogen-bond donors (Lipinski definition) is 2. The van der Waals surface area contributed by atoms with Crippen LogP contribution in [0.25, 0.3) is 0 Å². The Kier molecular flexibility index (Phi) is 8.15. The molecule has 0 saturated heterocycles. The van der Waals surface area contributed by atoms with Crippen LogP contribution in [0.1, 0.15) is 49.0 Å². The Labute approximate surface area is 170 Å². The van der Waals surface area contributed by atoms with E-state index >= 15 is 0 Å². The Morgan fingerprint density at radius 3 is 2.34 bits per heavy atom. The van der Waals surface area contributed by atoms with Gasteiger partial charge in [-0.2, -0.15) is 0 Å². The second kappa shape index (κ2) is 10.8. The third-order valence-corrected chi connectivity index (χ3v) is 4.23. The fourth-order valence-electron chi connectivity index (χ4n) is 2.82. The van der Waals surface area contributed by atoms with Crippen molar-refractivity contribution >= 4 is 23.4 Å². The van der Waals surface area contributed by atoms with Crippen molar-refractivity contribution in [3.63, 3.8) is 0 Å². The second-order valence-corrected chi connectivity index (χ2v) is 6.45. The highest BCUT2D eigenvalue weighted by Crippen LogP contribution is 2.19. The molecule has 0 saturated carbocycles. The van der Waals surface area contributed by atoms with E-state index in [-0.39, 0.29) is 18.6 Å². The number of carbonyl (C=O) groups excluding carboxylic acids is 2. The lowest BCUT2D eigenvalue weighted by Crippen LogP contribution is -2.18. The minimum Gasteiger partial charge on any atom is -0.477 e. The van der Waals surface area contributed by atoms with E-state index in [1.807, 2.05) is 13.0 Å². The first kappa shape index (κ1) is 21.9. The molecule has 29 heavy (non-hydrogen) atoms. The SMILES string of the molecule is CCCC(=O)C(C(=O)O)=C(CC)Nc1cccc(COC(=O)c2ccccc2)c1. The fourth-order valence-corrected chi connectivity index (χ4v) is 2.82. The average Bonchev–Trinajstić information content (AvgIpc) is 2.72. The lowest BCUT2D eigenvalue weighted by Gasteiger charge is -2.14. The number of Topliss-reactive ketones (excluding diaryl/α,β-unsaturated/α-hetero) is 1. The van der Waals surface area contributed by atoms with Crippen molar-refractivity contribution in [1.29, 1.82) is 0 Å². The highest BCUT2D eigenvalue weighted by molar-refractivity contribution is 6.17. The zero-order chi connectivity index (χ0) is 21.2. The largest absolute Gasteiger partial charge is 0.477 e. The van der Waals surface area contributed by atoms with Gasteiger partial charge in [0.05, 0.1) is 5.56 Å². The summed E-state index contributed by atoms with van der Waals surface area (Å²) >= 11 is 0. The van der Waals surface area contributed by atoms with Crippen molar-refractivity contribution in [2.45, 2.75) is 39.7 Å². The van der Waals surface area contributed by atoms with Gasteiger partial charge in [-0.1, -0.05) is 44.2 Å². The topological polar surface area (TPSA) is 92.7 Å². The van der Waals surface area contributed by atoms with Gasteiger partial charge in [0.15, 0.2) is 5.78 Å². The van der Waals surface area contributed by atoms with Crippen LogP contribution in [0, 0.1) is 0 Å². The molecule has 0 aliphatic carbocycles. The molecular weight excluding hydrogens is 370 g/mol. The van der Waals surface area contributed by atoms with Crippen LogP contribution in [0.15, 0.2) is 65.9 Å². The molecular formula is C23H25NO5. The van der Waals surface area contributed by atoms with Crippen LogP contribution in [0.3, 0.4) is 0 Å². The van der Waals surface area contributed by atoms with Crippen molar-refractivity contribution in [3.8, 4) is 0 Å². The van der Waals surface area contributed by atoms with Crippen LogP contribution < -0.4 is 5.32 Å². The summed E-state index contributed by atoms with van der Waals surface area (Å²) in [6, 6.07) is 15.8. The van der Waals surface area contributed by atoms with E-state index in [0.717, 1.165) is 5.56 Å². The van der Waals surface area contributed by atoms with E-state index in [1.54, 1.807) is 55.5 Å². The molecule has 0 heterocycles. The Morgan fingerprint density at radius 1 is 1.00 bits per heavy atom. The van der Waals surface area contributed by atoms with Gasteiger partial charge in [-0.3, -0.25) is 4.79 Å². The predicted octanol–water partition coefficient (Wildman–Crippen LogP) is 4.57. The van der Waals surface area contributed by atoms with Crippen LogP contribution in [0.2, 0.25) is 0 Å². The fraction of sp³-hybridized carbons (Fsp3) is 0.261. The maximum atomic E-state index is 12.2. The summed E-state index contributed by atoms with van der Waals surface area (Å²) in [6.07, 6.45) is 1.13. The first-order valence-electron chi connectivity index (χ1n) is 9.54. The zero-order valence-corrected chi connectivity index (χ0v) is 16.6. The second-order valence-electron chi connectivity index (χ2n) is 6.45. The van der Waals surface area contributed by atoms with Gasteiger partial charge in [0.1, 0.15) is 12.2 Å². The van der Waals surface area contributed by atoms with E-state index < -0.39 is 17.7 Å². The summed E-state index contributed by atoms with van der Waals surface area (Å²) in [6.45, 7) is 3.70. The molecule has 152 valence electrons. The minimum absolute atomic E-state index is 0.0783. The number of carboxylic acid groups (broad SMARTS) is 1. The standard InChI is InChI=1S/C23H25NO5/c1-3-9-20(25)21(22(26)27)19(4-2)24-18-13-8-10-16(14-18)15-29-23(28)17-11-6-5-7-12-17/h5-8,10-14,24H,3-4,9,15H2,1-2H3,(H,26,27). The number of benzene rings is 2. The number of ketones is 1. The Bertz CT molecular complexity index is 902. The van der Waals surface area contributed by atoms with Crippen molar-refractivity contribution in [2.75, 3.05) is 5.32 Å². The van der Waals surface area contributed by atoms with Gasteiger partial charge in [-0.05, 0) is 42.7 Å². The van der Waals surface area contributed by atoms with E-state index in [0.29, 0.717) is 29.8 Å². The number of ether oxygens (including phenoxy) is 1. The minimum atomic E-state index is -1.24. The monoisotopic (exact) mass is 395 g/mol. The van der Waals surface area contributed by atoms with Crippen LogP contribution >= 0.6 is 0 Å².